The second-order valence-corrected chi connectivity index (χ2v) is 3.77. The molecule has 0 saturated heterocycles. The van der Waals surface area contributed by atoms with Gasteiger partial charge in [0.1, 0.15) is 5.69 Å². The van der Waals surface area contributed by atoms with Gasteiger partial charge in [-0.2, -0.15) is 5.10 Å². The Hall–Kier alpha value is -1.16. The summed E-state index contributed by atoms with van der Waals surface area (Å²) in [7, 11) is 0. The van der Waals surface area contributed by atoms with Gasteiger partial charge >= 0.3 is 0 Å². The van der Waals surface area contributed by atoms with Gasteiger partial charge in [0.2, 0.25) is 0 Å². The molecule has 14 heavy (non-hydrogen) atoms. The lowest BCUT2D eigenvalue weighted by Gasteiger charge is -1.95. The minimum Gasteiger partial charge on any atom is -0.271 e. The molecule has 0 aliphatic heterocycles. The Kier molecular flexibility index (Phi) is 2.63. The molecule has 0 N–H and O–H groups in total. The summed E-state index contributed by atoms with van der Waals surface area (Å²) in [5.41, 5.74) is 2.05. The predicted molar refractivity (Wildman–Crippen MR) is 58.8 cm³/mol. The van der Waals surface area contributed by atoms with E-state index in [2.05, 4.69) is 32.9 Å². The summed E-state index contributed by atoms with van der Waals surface area (Å²) in [5.74, 6) is 0. The second kappa shape index (κ2) is 3.92. The van der Waals surface area contributed by atoms with E-state index >= 15 is 0 Å². The van der Waals surface area contributed by atoms with Gasteiger partial charge in [0, 0.05) is 30.7 Å². The number of hydrogen-bond donors (Lipinski definition) is 0. The van der Waals surface area contributed by atoms with Gasteiger partial charge in [0.05, 0.1) is 4.47 Å². The van der Waals surface area contributed by atoms with Crippen molar-refractivity contribution in [1.82, 2.24) is 14.8 Å². The number of aryl methyl sites for hydroxylation is 1. The Bertz CT molecular complexity index is 422. The van der Waals surface area contributed by atoms with Crippen LogP contribution in [0.15, 0.2) is 35.2 Å². The van der Waals surface area contributed by atoms with Gasteiger partial charge in [-0.3, -0.25) is 9.67 Å². The Morgan fingerprint density at radius 3 is 2.64 bits per heavy atom. The molecule has 0 atom stereocenters. The fourth-order valence-electron chi connectivity index (χ4n) is 1.26. The van der Waals surface area contributed by atoms with Crippen LogP contribution in [-0.4, -0.2) is 14.8 Å². The Morgan fingerprint density at radius 1 is 1.36 bits per heavy atom. The molecule has 0 aliphatic carbocycles. The molecular formula is C10H10BrN3. The molecule has 2 heterocycles. The van der Waals surface area contributed by atoms with Crippen molar-refractivity contribution in [1.29, 1.82) is 0 Å². The average Bonchev–Trinajstić information content (AvgIpc) is 2.61. The Morgan fingerprint density at radius 2 is 2.07 bits per heavy atom. The monoisotopic (exact) mass is 251 g/mol. The molecule has 2 rings (SSSR count). The van der Waals surface area contributed by atoms with Crippen LogP contribution in [0.1, 0.15) is 6.92 Å². The molecule has 0 spiro atoms. The van der Waals surface area contributed by atoms with E-state index in [-0.39, 0.29) is 0 Å². The van der Waals surface area contributed by atoms with Crippen molar-refractivity contribution in [3.05, 3.63) is 35.2 Å². The smallest absolute Gasteiger partial charge is 0.107 e. The first-order valence-corrected chi connectivity index (χ1v) is 5.24. The lowest BCUT2D eigenvalue weighted by atomic mass is 10.2. The number of hydrogen-bond acceptors (Lipinski definition) is 2. The molecule has 2 aromatic heterocycles. The molecule has 0 unspecified atom stereocenters. The highest BCUT2D eigenvalue weighted by Gasteiger charge is 2.07. The van der Waals surface area contributed by atoms with Crippen LogP contribution < -0.4 is 0 Å². The molecule has 72 valence electrons. The van der Waals surface area contributed by atoms with Crippen LogP contribution in [0.2, 0.25) is 0 Å². The van der Waals surface area contributed by atoms with E-state index in [1.807, 2.05) is 23.0 Å². The minimum atomic E-state index is 0.879. The lowest BCUT2D eigenvalue weighted by Crippen LogP contribution is -1.93. The summed E-state index contributed by atoms with van der Waals surface area (Å²) in [6.07, 6.45) is 5.52. The summed E-state index contributed by atoms with van der Waals surface area (Å²) in [5, 5.41) is 4.44. The van der Waals surface area contributed by atoms with Gasteiger partial charge in [0.25, 0.3) is 0 Å². The third kappa shape index (κ3) is 1.70. The first-order chi connectivity index (χ1) is 6.81. The molecule has 0 aromatic carbocycles. The SMILES string of the molecule is CCn1cc(Br)c(-c2ccncc2)n1. The van der Waals surface area contributed by atoms with E-state index in [1.54, 1.807) is 12.4 Å². The van der Waals surface area contributed by atoms with Gasteiger partial charge < -0.3 is 0 Å². The van der Waals surface area contributed by atoms with Crippen molar-refractivity contribution in [3.63, 3.8) is 0 Å². The molecule has 0 bridgehead atoms. The summed E-state index contributed by atoms with van der Waals surface area (Å²) in [4.78, 5) is 3.98. The lowest BCUT2D eigenvalue weighted by molar-refractivity contribution is 0.662. The zero-order valence-corrected chi connectivity index (χ0v) is 9.40. The molecule has 2 aromatic rings. The number of halogens is 1. The van der Waals surface area contributed by atoms with Crippen molar-refractivity contribution in [2.45, 2.75) is 13.5 Å². The van der Waals surface area contributed by atoms with Crippen molar-refractivity contribution >= 4 is 15.9 Å². The quantitative estimate of drug-likeness (QED) is 0.822. The van der Waals surface area contributed by atoms with Gasteiger partial charge in [-0.05, 0) is 35.0 Å². The molecule has 0 radical (unpaired) electrons. The average molecular weight is 252 g/mol. The van der Waals surface area contributed by atoms with E-state index in [0.717, 1.165) is 22.3 Å². The summed E-state index contributed by atoms with van der Waals surface area (Å²) >= 11 is 3.49. The van der Waals surface area contributed by atoms with Gasteiger partial charge in [-0.15, -0.1) is 0 Å². The van der Waals surface area contributed by atoms with Gasteiger partial charge in [-0.1, -0.05) is 0 Å². The molecule has 0 saturated carbocycles. The first kappa shape index (κ1) is 9.40. The highest BCUT2D eigenvalue weighted by atomic mass is 79.9. The first-order valence-electron chi connectivity index (χ1n) is 4.44. The van der Waals surface area contributed by atoms with Crippen LogP contribution in [0.25, 0.3) is 11.3 Å². The Balaban J connectivity index is 2.46. The van der Waals surface area contributed by atoms with Gasteiger partial charge in [0.15, 0.2) is 0 Å². The molecule has 4 heteroatoms. The fraction of sp³-hybridized carbons (Fsp3) is 0.200. The van der Waals surface area contributed by atoms with E-state index in [0.29, 0.717) is 0 Å². The summed E-state index contributed by atoms with van der Waals surface area (Å²) < 4.78 is 2.92. The zero-order chi connectivity index (χ0) is 9.97. The van der Waals surface area contributed by atoms with E-state index in [9.17, 15) is 0 Å². The normalized spacial score (nSPS) is 10.4. The number of pyridine rings is 1. The number of rotatable bonds is 2. The zero-order valence-electron chi connectivity index (χ0n) is 7.81. The molecular weight excluding hydrogens is 242 g/mol. The van der Waals surface area contributed by atoms with Crippen LogP contribution in [0, 0.1) is 0 Å². The van der Waals surface area contributed by atoms with Crippen molar-refractivity contribution in [3.8, 4) is 11.3 Å². The maximum absolute atomic E-state index is 4.44. The van der Waals surface area contributed by atoms with Crippen LogP contribution in [0.4, 0.5) is 0 Å². The predicted octanol–water partition coefficient (Wildman–Crippen LogP) is 2.73. The van der Waals surface area contributed by atoms with Crippen LogP contribution in [0.3, 0.4) is 0 Å². The van der Waals surface area contributed by atoms with Crippen LogP contribution in [-0.2, 0) is 6.54 Å². The van der Waals surface area contributed by atoms with E-state index in [1.165, 1.54) is 0 Å². The van der Waals surface area contributed by atoms with Crippen molar-refractivity contribution in [2.75, 3.05) is 0 Å². The summed E-state index contributed by atoms with van der Waals surface area (Å²) in [6, 6.07) is 3.90. The topological polar surface area (TPSA) is 30.7 Å². The molecule has 0 amide bonds. The number of aromatic nitrogens is 3. The minimum absolute atomic E-state index is 0.879. The van der Waals surface area contributed by atoms with Crippen LogP contribution in [0.5, 0.6) is 0 Å². The largest absolute Gasteiger partial charge is 0.271 e. The maximum atomic E-state index is 4.44. The third-order valence-corrected chi connectivity index (χ3v) is 2.58. The number of nitrogens with zero attached hydrogens (tertiary/aromatic N) is 3. The Labute approximate surface area is 90.9 Å². The van der Waals surface area contributed by atoms with Crippen molar-refractivity contribution in [2.24, 2.45) is 0 Å². The second-order valence-electron chi connectivity index (χ2n) is 2.92. The highest BCUT2D eigenvalue weighted by molar-refractivity contribution is 9.10. The van der Waals surface area contributed by atoms with Crippen LogP contribution >= 0.6 is 15.9 Å². The molecule has 0 fully saturated rings. The summed E-state index contributed by atoms with van der Waals surface area (Å²) in [6.45, 7) is 2.94. The van der Waals surface area contributed by atoms with Crippen molar-refractivity contribution < 1.29 is 0 Å². The highest BCUT2D eigenvalue weighted by Crippen LogP contribution is 2.25. The van der Waals surface area contributed by atoms with Gasteiger partial charge in [-0.25, -0.2) is 0 Å². The van der Waals surface area contributed by atoms with E-state index < -0.39 is 0 Å². The maximum Gasteiger partial charge on any atom is 0.107 e. The molecule has 0 aliphatic rings. The van der Waals surface area contributed by atoms with E-state index in [4.69, 9.17) is 0 Å². The third-order valence-electron chi connectivity index (χ3n) is 1.99. The fourth-order valence-corrected chi connectivity index (χ4v) is 1.81. The molecule has 3 nitrogen and oxygen atoms in total. The standard InChI is InChI=1S/C10H10BrN3/c1-2-14-7-9(11)10(13-14)8-3-5-12-6-4-8/h3-7H,2H2,1H3.